The summed E-state index contributed by atoms with van der Waals surface area (Å²) < 4.78 is 0. The fourth-order valence-corrected chi connectivity index (χ4v) is 3.16. The Morgan fingerprint density at radius 1 is 1.18 bits per heavy atom. The molecule has 0 fully saturated rings. The third-order valence-corrected chi connectivity index (χ3v) is 4.55. The van der Waals surface area contributed by atoms with Gasteiger partial charge in [-0.1, -0.05) is 29.8 Å². The largest absolute Gasteiger partial charge is 0.395 e. The van der Waals surface area contributed by atoms with Crippen molar-refractivity contribution >= 4 is 17.7 Å². The maximum atomic E-state index is 11.9. The average molecular weight is 315 g/mol. The van der Waals surface area contributed by atoms with Crippen LogP contribution in [0, 0.1) is 13.8 Å². The van der Waals surface area contributed by atoms with E-state index in [1.54, 1.807) is 17.8 Å². The van der Waals surface area contributed by atoms with Crippen LogP contribution in [0.3, 0.4) is 0 Å². The van der Waals surface area contributed by atoms with Crippen molar-refractivity contribution in [2.45, 2.75) is 24.5 Å². The molecule has 0 saturated carbocycles. The van der Waals surface area contributed by atoms with Gasteiger partial charge in [-0.25, -0.2) is 0 Å². The Balaban J connectivity index is 2.04. The van der Waals surface area contributed by atoms with E-state index in [1.807, 2.05) is 18.2 Å². The van der Waals surface area contributed by atoms with Gasteiger partial charge in [0.15, 0.2) is 0 Å². The Hall–Kier alpha value is -1.78. The van der Waals surface area contributed by atoms with Crippen LogP contribution in [-0.2, 0) is 5.75 Å². The topological polar surface area (TPSA) is 49.3 Å². The van der Waals surface area contributed by atoms with E-state index in [-0.39, 0.29) is 19.1 Å². The van der Waals surface area contributed by atoms with Crippen molar-refractivity contribution in [3.8, 4) is 0 Å². The monoisotopic (exact) mass is 315 g/mol. The summed E-state index contributed by atoms with van der Waals surface area (Å²) >= 11 is 1.78. The SMILES string of the molecule is Cc1ccc(C)c(SCc2cccc(C(=O)NCCO)c2)c1. The molecule has 0 aliphatic heterocycles. The molecule has 0 heterocycles. The van der Waals surface area contributed by atoms with Gasteiger partial charge in [-0.3, -0.25) is 4.79 Å². The summed E-state index contributed by atoms with van der Waals surface area (Å²) in [5.74, 6) is 0.679. The highest BCUT2D eigenvalue weighted by molar-refractivity contribution is 7.98. The van der Waals surface area contributed by atoms with Crippen molar-refractivity contribution in [2.24, 2.45) is 0 Å². The maximum Gasteiger partial charge on any atom is 0.251 e. The van der Waals surface area contributed by atoms with Gasteiger partial charge in [0.2, 0.25) is 0 Å². The molecule has 0 unspecified atom stereocenters. The zero-order valence-electron chi connectivity index (χ0n) is 12.9. The minimum absolute atomic E-state index is 0.0477. The van der Waals surface area contributed by atoms with Gasteiger partial charge < -0.3 is 10.4 Å². The average Bonchev–Trinajstić information content (AvgIpc) is 2.53. The second-order valence-electron chi connectivity index (χ2n) is 5.24. The van der Waals surface area contributed by atoms with Crippen molar-refractivity contribution in [1.29, 1.82) is 0 Å². The van der Waals surface area contributed by atoms with Gasteiger partial charge in [0.25, 0.3) is 5.91 Å². The van der Waals surface area contributed by atoms with Crippen LogP contribution in [0.25, 0.3) is 0 Å². The molecular weight excluding hydrogens is 294 g/mol. The first-order chi connectivity index (χ1) is 10.6. The molecule has 0 aliphatic rings. The highest BCUT2D eigenvalue weighted by Crippen LogP contribution is 2.27. The van der Waals surface area contributed by atoms with Crippen LogP contribution in [0.1, 0.15) is 27.0 Å². The van der Waals surface area contributed by atoms with Crippen molar-refractivity contribution in [1.82, 2.24) is 5.32 Å². The van der Waals surface area contributed by atoms with E-state index in [1.165, 1.54) is 16.0 Å². The van der Waals surface area contributed by atoms with E-state index in [0.717, 1.165) is 11.3 Å². The molecule has 2 aromatic rings. The minimum Gasteiger partial charge on any atom is -0.395 e. The first kappa shape index (κ1) is 16.6. The predicted octanol–water partition coefficient (Wildman–Crippen LogP) is 3.32. The lowest BCUT2D eigenvalue weighted by Crippen LogP contribution is -2.26. The lowest BCUT2D eigenvalue weighted by atomic mass is 10.1. The molecule has 2 N–H and O–H groups in total. The molecule has 0 bridgehead atoms. The van der Waals surface area contributed by atoms with E-state index < -0.39 is 0 Å². The Bertz CT molecular complexity index is 655. The van der Waals surface area contributed by atoms with Crippen molar-refractivity contribution in [3.63, 3.8) is 0 Å². The fraction of sp³-hybridized carbons (Fsp3) is 0.278. The maximum absolute atomic E-state index is 11.9. The summed E-state index contributed by atoms with van der Waals surface area (Å²) in [6.45, 7) is 4.43. The number of benzene rings is 2. The Labute approximate surface area is 135 Å². The molecule has 0 aliphatic carbocycles. The highest BCUT2D eigenvalue weighted by atomic mass is 32.2. The zero-order valence-corrected chi connectivity index (χ0v) is 13.7. The number of nitrogens with one attached hydrogen (secondary N) is 1. The number of hydrogen-bond acceptors (Lipinski definition) is 3. The van der Waals surface area contributed by atoms with Crippen LogP contribution < -0.4 is 5.32 Å². The van der Waals surface area contributed by atoms with E-state index in [0.29, 0.717) is 5.56 Å². The lowest BCUT2D eigenvalue weighted by molar-refractivity contribution is 0.0944. The molecule has 0 spiro atoms. The Morgan fingerprint density at radius 3 is 2.77 bits per heavy atom. The van der Waals surface area contributed by atoms with Crippen LogP contribution in [0.4, 0.5) is 0 Å². The molecule has 4 heteroatoms. The number of thioether (sulfide) groups is 1. The van der Waals surface area contributed by atoms with E-state index in [4.69, 9.17) is 5.11 Å². The Kier molecular flexibility index (Phi) is 6.04. The summed E-state index contributed by atoms with van der Waals surface area (Å²) in [4.78, 5) is 13.2. The van der Waals surface area contributed by atoms with Crippen molar-refractivity contribution < 1.29 is 9.90 Å². The molecule has 1 amide bonds. The van der Waals surface area contributed by atoms with Gasteiger partial charge in [-0.2, -0.15) is 0 Å². The summed E-state index contributed by atoms with van der Waals surface area (Å²) in [6.07, 6.45) is 0. The highest BCUT2D eigenvalue weighted by Gasteiger charge is 2.06. The third-order valence-electron chi connectivity index (χ3n) is 3.32. The van der Waals surface area contributed by atoms with Crippen LogP contribution in [0.15, 0.2) is 47.4 Å². The smallest absolute Gasteiger partial charge is 0.251 e. The minimum atomic E-state index is -0.146. The van der Waals surface area contributed by atoms with Gasteiger partial charge in [-0.05, 0) is 43.2 Å². The fourth-order valence-electron chi connectivity index (χ4n) is 2.10. The predicted molar refractivity (Wildman–Crippen MR) is 91.3 cm³/mol. The first-order valence-electron chi connectivity index (χ1n) is 7.28. The number of aliphatic hydroxyl groups is 1. The molecule has 2 aromatic carbocycles. The molecule has 0 aromatic heterocycles. The molecule has 0 atom stereocenters. The van der Waals surface area contributed by atoms with Gasteiger partial charge in [0, 0.05) is 22.8 Å². The molecule has 2 rings (SSSR count). The zero-order chi connectivity index (χ0) is 15.9. The number of carbonyl (C=O) groups excluding carboxylic acids is 1. The van der Waals surface area contributed by atoms with Crippen molar-refractivity contribution in [2.75, 3.05) is 13.2 Å². The number of amides is 1. The number of carbonyl (C=O) groups is 1. The molecular formula is C18H21NO2S. The molecule has 116 valence electrons. The number of hydrogen-bond donors (Lipinski definition) is 2. The van der Waals surface area contributed by atoms with E-state index >= 15 is 0 Å². The van der Waals surface area contributed by atoms with Gasteiger partial charge in [0.1, 0.15) is 0 Å². The van der Waals surface area contributed by atoms with Crippen LogP contribution in [0.5, 0.6) is 0 Å². The standard InChI is InChI=1S/C18H21NO2S/c1-13-6-7-14(2)17(10-13)22-12-15-4-3-5-16(11-15)18(21)19-8-9-20/h3-7,10-11,20H,8-9,12H2,1-2H3,(H,19,21). The van der Waals surface area contributed by atoms with E-state index in [9.17, 15) is 4.79 Å². The van der Waals surface area contributed by atoms with E-state index in [2.05, 4.69) is 37.4 Å². The van der Waals surface area contributed by atoms with Gasteiger partial charge in [0.05, 0.1) is 6.61 Å². The Morgan fingerprint density at radius 2 is 2.00 bits per heavy atom. The van der Waals surface area contributed by atoms with Crippen LogP contribution in [-0.4, -0.2) is 24.2 Å². The number of aliphatic hydroxyl groups excluding tert-OH is 1. The summed E-state index contributed by atoms with van der Waals surface area (Å²) in [6, 6.07) is 14.1. The van der Waals surface area contributed by atoms with Crippen molar-refractivity contribution in [3.05, 3.63) is 64.7 Å². The normalized spacial score (nSPS) is 10.5. The summed E-state index contributed by atoms with van der Waals surface area (Å²) in [5.41, 5.74) is 4.27. The molecule has 3 nitrogen and oxygen atoms in total. The second kappa shape index (κ2) is 8.01. The van der Waals surface area contributed by atoms with Crippen LogP contribution >= 0.6 is 11.8 Å². The number of aryl methyl sites for hydroxylation is 2. The molecule has 0 saturated heterocycles. The quantitative estimate of drug-likeness (QED) is 0.804. The van der Waals surface area contributed by atoms with Crippen LogP contribution in [0.2, 0.25) is 0 Å². The number of rotatable bonds is 6. The summed E-state index contributed by atoms with van der Waals surface area (Å²) in [7, 11) is 0. The molecule has 22 heavy (non-hydrogen) atoms. The third kappa shape index (κ3) is 4.61. The second-order valence-corrected chi connectivity index (χ2v) is 6.25. The van der Waals surface area contributed by atoms with Gasteiger partial charge in [-0.15, -0.1) is 11.8 Å². The lowest BCUT2D eigenvalue weighted by Gasteiger charge is -2.08. The summed E-state index contributed by atoms with van der Waals surface area (Å²) in [5, 5.41) is 11.4. The molecule has 0 radical (unpaired) electrons. The van der Waals surface area contributed by atoms with Gasteiger partial charge >= 0.3 is 0 Å². The first-order valence-corrected chi connectivity index (χ1v) is 8.27.